The zero-order valence-corrected chi connectivity index (χ0v) is 12.5. The van der Waals surface area contributed by atoms with E-state index in [1.54, 1.807) is 10.9 Å². The average molecular weight is 288 g/mol. The predicted molar refractivity (Wildman–Crippen MR) is 80.4 cm³/mol. The molecular weight excluding hydrogens is 272 g/mol. The van der Waals surface area contributed by atoms with Gasteiger partial charge < -0.3 is 0 Å². The number of hydrogen-bond acceptors (Lipinski definition) is 4. The molecule has 6 heteroatoms. The number of H-pyrrole nitrogens is 1. The minimum atomic E-state index is 0.0320. The molecule has 1 atom stereocenters. The fourth-order valence-electron chi connectivity index (χ4n) is 2.33. The second-order valence-corrected chi connectivity index (χ2v) is 6.03. The van der Waals surface area contributed by atoms with E-state index < -0.39 is 0 Å². The van der Waals surface area contributed by atoms with Crippen LogP contribution in [-0.2, 0) is 6.42 Å². The maximum atomic E-state index is 12.5. The molecule has 0 aliphatic heterocycles. The lowest BCUT2D eigenvalue weighted by Crippen LogP contribution is -2.24. The molecule has 1 N–H and O–H groups in total. The van der Waals surface area contributed by atoms with Crippen LogP contribution in [0, 0.1) is 13.8 Å². The number of rotatable bonds is 3. The van der Waals surface area contributed by atoms with Gasteiger partial charge in [-0.25, -0.2) is 4.98 Å². The molecule has 0 aromatic carbocycles. The Balaban J connectivity index is 1.97. The Morgan fingerprint density at radius 3 is 2.95 bits per heavy atom. The number of nitrogens with one attached hydrogen (secondary N) is 1. The Bertz CT molecular complexity index is 814. The summed E-state index contributed by atoms with van der Waals surface area (Å²) in [5.74, 6) is 0. The van der Waals surface area contributed by atoms with Crippen molar-refractivity contribution in [1.82, 2.24) is 19.7 Å². The third-order valence-corrected chi connectivity index (χ3v) is 4.50. The van der Waals surface area contributed by atoms with E-state index in [0.717, 1.165) is 27.2 Å². The summed E-state index contributed by atoms with van der Waals surface area (Å²) in [6.45, 7) is 5.96. The van der Waals surface area contributed by atoms with Gasteiger partial charge in [0.2, 0.25) is 0 Å². The number of aryl methyl sites for hydroxylation is 2. The van der Waals surface area contributed by atoms with Crippen LogP contribution in [0.3, 0.4) is 0 Å². The molecule has 3 aromatic rings. The highest BCUT2D eigenvalue weighted by Crippen LogP contribution is 2.20. The van der Waals surface area contributed by atoms with Crippen LogP contribution >= 0.6 is 11.3 Å². The number of hydrogen-bond donors (Lipinski definition) is 1. The van der Waals surface area contributed by atoms with Crippen molar-refractivity contribution in [2.75, 3.05) is 0 Å². The van der Waals surface area contributed by atoms with Gasteiger partial charge in [-0.15, -0.1) is 11.3 Å². The van der Waals surface area contributed by atoms with Crippen LogP contribution in [0.25, 0.3) is 10.2 Å². The van der Waals surface area contributed by atoms with E-state index in [2.05, 4.69) is 15.2 Å². The van der Waals surface area contributed by atoms with Crippen LogP contribution in [0.1, 0.15) is 29.9 Å². The average Bonchev–Trinajstić information content (AvgIpc) is 2.97. The minimum Gasteiger partial charge on any atom is -0.295 e. The number of aromatic amines is 1. The number of thiophene rings is 1. The smallest absolute Gasteiger partial charge is 0.271 e. The maximum Gasteiger partial charge on any atom is 0.271 e. The summed E-state index contributed by atoms with van der Waals surface area (Å²) in [5.41, 5.74) is 3.91. The Labute approximate surface area is 120 Å². The van der Waals surface area contributed by atoms with Gasteiger partial charge in [0, 0.05) is 18.2 Å². The highest BCUT2D eigenvalue weighted by molar-refractivity contribution is 7.17. The highest BCUT2D eigenvalue weighted by atomic mass is 32.1. The summed E-state index contributed by atoms with van der Waals surface area (Å²) in [6, 6.07) is 2.03. The van der Waals surface area contributed by atoms with Crippen LogP contribution in [0.15, 0.2) is 22.6 Å². The second kappa shape index (κ2) is 4.86. The lowest BCUT2D eigenvalue weighted by atomic mass is 10.1. The fraction of sp³-hybridized carbons (Fsp3) is 0.357. The van der Waals surface area contributed by atoms with E-state index in [4.69, 9.17) is 0 Å². The molecule has 0 spiro atoms. The molecule has 0 saturated heterocycles. The van der Waals surface area contributed by atoms with Gasteiger partial charge in [0.1, 0.15) is 4.70 Å². The van der Waals surface area contributed by atoms with Crippen LogP contribution in [0.4, 0.5) is 0 Å². The van der Waals surface area contributed by atoms with Crippen molar-refractivity contribution < 1.29 is 0 Å². The van der Waals surface area contributed by atoms with Crippen molar-refractivity contribution in [2.24, 2.45) is 0 Å². The first-order valence-corrected chi connectivity index (χ1v) is 7.40. The third kappa shape index (κ3) is 2.16. The van der Waals surface area contributed by atoms with Crippen molar-refractivity contribution >= 4 is 21.6 Å². The SMILES string of the molecule is Cc1cc(CC(C)n2cnc3c(C)csc3c2=O)n[nH]1. The molecule has 0 bridgehead atoms. The molecule has 3 heterocycles. The molecule has 5 nitrogen and oxygen atoms in total. The molecule has 104 valence electrons. The van der Waals surface area contributed by atoms with Crippen LogP contribution in [-0.4, -0.2) is 19.7 Å². The number of nitrogens with zero attached hydrogens (tertiary/aromatic N) is 3. The van der Waals surface area contributed by atoms with Crippen molar-refractivity contribution in [3.63, 3.8) is 0 Å². The summed E-state index contributed by atoms with van der Waals surface area (Å²) in [6.07, 6.45) is 2.36. The topological polar surface area (TPSA) is 63.6 Å². The predicted octanol–water partition coefficient (Wildman–Crippen LogP) is 2.60. The van der Waals surface area contributed by atoms with E-state index in [-0.39, 0.29) is 11.6 Å². The van der Waals surface area contributed by atoms with Crippen LogP contribution < -0.4 is 5.56 Å². The highest BCUT2D eigenvalue weighted by Gasteiger charge is 2.14. The zero-order valence-electron chi connectivity index (χ0n) is 11.7. The van der Waals surface area contributed by atoms with Crippen LogP contribution in [0.2, 0.25) is 0 Å². The molecule has 0 radical (unpaired) electrons. The van der Waals surface area contributed by atoms with E-state index in [1.165, 1.54) is 11.3 Å². The maximum absolute atomic E-state index is 12.5. The first-order valence-electron chi connectivity index (χ1n) is 6.52. The molecule has 3 aromatic heterocycles. The van der Waals surface area contributed by atoms with Gasteiger partial charge in [-0.05, 0) is 37.8 Å². The molecule has 0 amide bonds. The summed E-state index contributed by atoms with van der Waals surface area (Å²) in [7, 11) is 0. The Morgan fingerprint density at radius 1 is 1.45 bits per heavy atom. The first kappa shape index (κ1) is 13.1. The van der Waals surface area contributed by atoms with Gasteiger partial charge in [0.05, 0.1) is 17.5 Å². The summed E-state index contributed by atoms with van der Waals surface area (Å²) < 4.78 is 2.43. The molecule has 0 fully saturated rings. The molecule has 1 unspecified atom stereocenters. The lowest BCUT2D eigenvalue weighted by molar-refractivity contribution is 0.517. The molecule has 3 rings (SSSR count). The van der Waals surface area contributed by atoms with E-state index in [0.29, 0.717) is 6.42 Å². The second-order valence-electron chi connectivity index (χ2n) is 5.15. The van der Waals surface area contributed by atoms with Gasteiger partial charge in [-0.1, -0.05) is 0 Å². The largest absolute Gasteiger partial charge is 0.295 e. The fourth-order valence-corrected chi connectivity index (χ4v) is 3.27. The summed E-state index contributed by atoms with van der Waals surface area (Å²) in [5, 5.41) is 9.12. The first-order chi connectivity index (χ1) is 9.56. The molecule has 20 heavy (non-hydrogen) atoms. The van der Waals surface area contributed by atoms with Gasteiger partial charge in [0.15, 0.2) is 0 Å². The lowest BCUT2D eigenvalue weighted by Gasteiger charge is -2.13. The van der Waals surface area contributed by atoms with Gasteiger partial charge >= 0.3 is 0 Å². The number of aromatic nitrogens is 4. The summed E-state index contributed by atoms with van der Waals surface area (Å²) >= 11 is 1.46. The summed E-state index contributed by atoms with van der Waals surface area (Å²) in [4.78, 5) is 16.9. The quantitative estimate of drug-likeness (QED) is 0.805. The monoisotopic (exact) mass is 288 g/mol. The minimum absolute atomic E-state index is 0.0320. The molecular formula is C14H16N4OS. The third-order valence-electron chi connectivity index (χ3n) is 3.42. The van der Waals surface area contributed by atoms with E-state index in [1.807, 2.05) is 32.2 Å². The van der Waals surface area contributed by atoms with Gasteiger partial charge in [0.25, 0.3) is 5.56 Å². The molecule has 0 aliphatic rings. The Morgan fingerprint density at radius 2 is 2.25 bits per heavy atom. The molecule has 0 saturated carbocycles. The Kier molecular flexibility index (Phi) is 3.17. The van der Waals surface area contributed by atoms with Crippen molar-refractivity contribution in [3.05, 3.63) is 45.1 Å². The number of fused-ring (bicyclic) bond motifs is 1. The normalized spacial score (nSPS) is 12.9. The van der Waals surface area contributed by atoms with E-state index in [9.17, 15) is 4.79 Å². The molecule has 0 aliphatic carbocycles. The van der Waals surface area contributed by atoms with Gasteiger partial charge in [-0.3, -0.25) is 14.5 Å². The van der Waals surface area contributed by atoms with E-state index >= 15 is 0 Å². The van der Waals surface area contributed by atoms with Crippen molar-refractivity contribution in [3.8, 4) is 0 Å². The van der Waals surface area contributed by atoms with Crippen molar-refractivity contribution in [2.45, 2.75) is 33.2 Å². The van der Waals surface area contributed by atoms with Crippen molar-refractivity contribution in [1.29, 1.82) is 0 Å². The van der Waals surface area contributed by atoms with Crippen LogP contribution in [0.5, 0.6) is 0 Å². The zero-order chi connectivity index (χ0) is 14.3. The Hall–Kier alpha value is -1.95. The van der Waals surface area contributed by atoms with Gasteiger partial charge in [-0.2, -0.15) is 5.10 Å². The standard InChI is InChI=1S/C14H16N4OS/c1-8-6-20-13-12(8)15-7-18(14(13)19)10(3)5-11-4-9(2)16-17-11/h4,6-7,10H,5H2,1-3H3,(H,16,17).